The third-order valence-electron chi connectivity index (χ3n) is 3.43. The Hall–Kier alpha value is -1.70. The molecule has 0 saturated carbocycles. The molecule has 2 aromatic rings. The molecular formula is C15H21N3O3S. The Labute approximate surface area is 130 Å². The summed E-state index contributed by atoms with van der Waals surface area (Å²) in [4.78, 5) is 0.233. The van der Waals surface area contributed by atoms with E-state index in [1.807, 2.05) is 20.2 Å². The number of aromatic nitrogens is 2. The molecule has 0 amide bonds. The van der Waals surface area contributed by atoms with E-state index in [0.717, 1.165) is 11.1 Å². The monoisotopic (exact) mass is 323 g/mol. The third kappa shape index (κ3) is 4.40. The molecule has 0 spiro atoms. The third-order valence-corrected chi connectivity index (χ3v) is 4.87. The van der Waals surface area contributed by atoms with E-state index in [4.69, 9.17) is 0 Å². The standard InChI is InChI=1S/C15H21N3O3S/c1-12-3-5-15(6-4-12)22(20,21)17-9-14(11-19)7-13-8-16-18(2)10-13/h3-6,8,10,14,17,19H,7,9,11H2,1-2H3. The molecule has 0 aliphatic rings. The first-order valence-corrected chi connectivity index (χ1v) is 8.54. The molecule has 0 aliphatic carbocycles. The van der Waals surface area contributed by atoms with E-state index in [2.05, 4.69) is 9.82 Å². The normalized spacial score (nSPS) is 13.2. The summed E-state index contributed by atoms with van der Waals surface area (Å²) in [5, 5.41) is 13.5. The molecule has 1 unspecified atom stereocenters. The summed E-state index contributed by atoms with van der Waals surface area (Å²) in [6.07, 6.45) is 4.15. The molecule has 1 heterocycles. The van der Waals surface area contributed by atoms with E-state index < -0.39 is 10.0 Å². The fourth-order valence-electron chi connectivity index (χ4n) is 2.14. The van der Waals surface area contributed by atoms with Crippen molar-refractivity contribution in [3.63, 3.8) is 0 Å². The van der Waals surface area contributed by atoms with Gasteiger partial charge in [0, 0.05) is 26.4 Å². The molecule has 2 rings (SSSR count). The predicted octanol–water partition coefficient (Wildman–Crippen LogP) is 0.858. The zero-order chi connectivity index (χ0) is 16.2. The average molecular weight is 323 g/mol. The smallest absolute Gasteiger partial charge is 0.240 e. The second kappa shape index (κ2) is 7.04. The zero-order valence-electron chi connectivity index (χ0n) is 12.7. The second-order valence-corrected chi connectivity index (χ2v) is 7.21. The SMILES string of the molecule is Cc1ccc(S(=O)(=O)NCC(CO)Cc2cnn(C)c2)cc1. The van der Waals surface area contributed by atoms with Gasteiger partial charge in [0.15, 0.2) is 0 Å². The topological polar surface area (TPSA) is 84.2 Å². The van der Waals surface area contributed by atoms with Crippen LogP contribution < -0.4 is 4.72 Å². The van der Waals surface area contributed by atoms with E-state index in [1.54, 1.807) is 35.1 Å². The Bertz CT molecular complexity index is 708. The molecule has 0 bridgehead atoms. The van der Waals surface area contributed by atoms with Crippen LogP contribution in [-0.2, 0) is 23.5 Å². The van der Waals surface area contributed by atoms with Crippen LogP contribution in [0, 0.1) is 12.8 Å². The van der Waals surface area contributed by atoms with Crippen molar-refractivity contribution in [3.8, 4) is 0 Å². The van der Waals surface area contributed by atoms with Gasteiger partial charge in [0.1, 0.15) is 0 Å². The molecule has 1 aromatic heterocycles. The van der Waals surface area contributed by atoms with Crippen LogP contribution in [0.25, 0.3) is 0 Å². The fourth-order valence-corrected chi connectivity index (χ4v) is 3.26. The van der Waals surface area contributed by atoms with Gasteiger partial charge in [-0.25, -0.2) is 13.1 Å². The minimum Gasteiger partial charge on any atom is -0.396 e. The number of hydrogen-bond acceptors (Lipinski definition) is 4. The summed E-state index contributed by atoms with van der Waals surface area (Å²) in [5.74, 6) is -0.190. The number of nitrogens with one attached hydrogen (secondary N) is 1. The largest absolute Gasteiger partial charge is 0.396 e. The van der Waals surface area contributed by atoms with Crippen molar-refractivity contribution in [2.24, 2.45) is 13.0 Å². The molecule has 22 heavy (non-hydrogen) atoms. The van der Waals surface area contributed by atoms with Crippen LogP contribution in [0.1, 0.15) is 11.1 Å². The number of hydrogen-bond donors (Lipinski definition) is 2. The maximum atomic E-state index is 12.2. The summed E-state index contributed by atoms with van der Waals surface area (Å²) in [6, 6.07) is 6.67. The molecule has 6 nitrogen and oxygen atoms in total. The molecular weight excluding hydrogens is 302 g/mol. The molecule has 2 N–H and O–H groups in total. The first kappa shape index (κ1) is 16.7. The molecule has 0 saturated heterocycles. The van der Waals surface area contributed by atoms with Crippen LogP contribution in [0.2, 0.25) is 0 Å². The number of sulfonamides is 1. The van der Waals surface area contributed by atoms with E-state index >= 15 is 0 Å². The highest BCUT2D eigenvalue weighted by molar-refractivity contribution is 7.89. The van der Waals surface area contributed by atoms with Crippen molar-refractivity contribution < 1.29 is 13.5 Å². The minimum absolute atomic E-state index is 0.0920. The van der Waals surface area contributed by atoms with Crippen molar-refractivity contribution in [1.29, 1.82) is 0 Å². The lowest BCUT2D eigenvalue weighted by molar-refractivity contribution is 0.227. The van der Waals surface area contributed by atoms with Crippen LogP contribution in [0.5, 0.6) is 0 Å². The second-order valence-electron chi connectivity index (χ2n) is 5.44. The number of rotatable bonds is 7. The summed E-state index contributed by atoms with van der Waals surface area (Å²) in [6.45, 7) is 1.99. The van der Waals surface area contributed by atoms with Crippen molar-refractivity contribution in [1.82, 2.24) is 14.5 Å². The van der Waals surface area contributed by atoms with Gasteiger partial charge >= 0.3 is 0 Å². The van der Waals surface area contributed by atoms with E-state index in [0.29, 0.717) is 6.42 Å². The van der Waals surface area contributed by atoms with E-state index in [-0.39, 0.29) is 24.0 Å². The van der Waals surface area contributed by atoms with Gasteiger partial charge in [-0.05, 0) is 37.0 Å². The lowest BCUT2D eigenvalue weighted by atomic mass is 10.0. The highest BCUT2D eigenvalue weighted by Crippen LogP contribution is 2.12. The van der Waals surface area contributed by atoms with E-state index in [9.17, 15) is 13.5 Å². The van der Waals surface area contributed by atoms with Gasteiger partial charge in [0.2, 0.25) is 10.0 Å². The van der Waals surface area contributed by atoms with E-state index in [1.165, 1.54) is 0 Å². The van der Waals surface area contributed by atoms with Crippen molar-refractivity contribution >= 4 is 10.0 Å². The molecule has 1 atom stereocenters. The predicted molar refractivity (Wildman–Crippen MR) is 83.9 cm³/mol. The minimum atomic E-state index is -3.55. The van der Waals surface area contributed by atoms with Crippen LogP contribution in [0.15, 0.2) is 41.6 Å². The van der Waals surface area contributed by atoms with Crippen LogP contribution in [0.3, 0.4) is 0 Å². The van der Waals surface area contributed by atoms with Crippen molar-refractivity contribution in [3.05, 3.63) is 47.8 Å². The van der Waals surface area contributed by atoms with Gasteiger partial charge in [0.05, 0.1) is 11.1 Å². The summed E-state index contributed by atoms with van der Waals surface area (Å²) < 4.78 is 28.7. The molecule has 7 heteroatoms. The van der Waals surface area contributed by atoms with Gasteiger partial charge in [-0.3, -0.25) is 4.68 Å². The first-order valence-electron chi connectivity index (χ1n) is 7.05. The first-order chi connectivity index (χ1) is 10.4. The van der Waals surface area contributed by atoms with Crippen LogP contribution in [-0.4, -0.2) is 36.5 Å². The van der Waals surface area contributed by atoms with Gasteiger partial charge in [-0.2, -0.15) is 5.10 Å². The highest BCUT2D eigenvalue weighted by Gasteiger charge is 2.17. The molecule has 0 radical (unpaired) electrons. The Morgan fingerprint density at radius 1 is 1.32 bits per heavy atom. The number of aryl methyl sites for hydroxylation is 2. The lowest BCUT2D eigenvalue weighted by Gasteiger charge is -2.14. The molecule has 1 aromatic carbocycles. The zero-order valence-corrected chi connectivity index (χ0v) is 13.5. The number of aliphatic hydroxyl groups is 1. The van der Waals surface area contributed by atoms with Gasteiger partial charge in [-0.15, -0.1) is 0 Å². The average Bonchev–Trinajstić information content (AvgIpc) is 2.89. The molecule has 120 valence electrons. The maximum Gasteiger partial charge on any atom is 0.240 e. The lowest BCUT2D eigenvalue weighted by Crippen LogP contribution is -2.31. The Kier molecular flexibility index (Phi) is 5.33. The van der Waals surface area contributed by atoms with Gasteiger partial charge in [0.25, 0.3) is 0 Å². The van der Waals surface area contributed by atoms with Gasteiger partial charge < -0.3 is 5.11 Å². The van der Waals surface area contributed by atoms with Crippen molar-refractivity contribution in [2.45, 2.75) is 18.2 Å². The Balaban J connectivity index is 1.98. The van der Waals surface area contributed by atoms with Crippen LogP contribution >= 0.6 is 0 Å². The Morgan fingerprint density at radius 2 is 2.00 bits per heavy atom. The van der Waals surface area contributed by atoms with Crippen LogP contribution in [0.4, 0.5) is 0 Å². The highest BCUT2D eigenvalue weighted by atomic mass is 32.2. The maximum absolute atomic E-state index is 12.2. The Morgan fingerprint density at radius 3 is 2.55 bits per heavy atom. The fraction of sp³-hybridized carbons (Fsp3) is 0.400. The quantitative estimate of drug-likeness (QED) is 0.791. The van der Waals surface area contributed by atoms with Crippen molar-refractivity contribution in [2.75, 3.05) is 13.2 Å². The molecule has 0 fully saturated rings. The number of aliphatic hydroxyl groups excluding tert-OH is 1. The number of nitrogens with zero attached hydrogens (tertiary/aromatic N) is 2. The summed E-state index contributed by atoms with van der Waals surface area (Å²) in [5.41, 5.74) is 1.97. The molecule has 0 aliphatic heterocycles. The summed E-state index contributed by atoms with van der Waals surface area (Å²) >= 11 is 0. The van der Waals surface area contributed by atoms with Gasteiger partial charge in [-0.1, -0.05) is 17.7 Å². The number of benzene rings is 1. The summed E-state index contributed by atoms with van der Waals surface area (Å²) in [7, 11) is -1.73.